The zero-order chi connectivity index (χ0) is 15.2. The lowest BCUT2D eigenvalue weighted by atomic mass is 9.97. The van der Waals surface area contributed by atoms with Crippen LogP contribution in [0.3, 0.4) is 0 Å². The summed E-state index contributed by atoms with van der Waals surface area (Å²) in [6.45, 7) is 2.21. The van der Waals surface area contributed by atoms with Gasteiger partial charge in [0.15, 0.2) is 0 Å². The van der Waals surface area contributed by atoms with Crippen molar-refractivity contribution in [2.75, 3.05) is 6.61 Å². The summed E-state index contributed by atoms with van der Waals surface area (Å²) in [5.41, 5.74) is 0.661. The molecule has 2 unspecified atom stereocenters. The molecule has 2 atom stereocenters. The maximum absolute atomic E-state index is 13.7. The number of benzene rings is 2. The van der Waals surface area contributed by atoms with Crippen LogP contribution in [0.5, 0.6) is 0 Å². The van der Waals surface area contributed by atoms with Crippen molar-refractivity contribution >= 4 is 0 Å². The van der Waals surface area contributed by atoms with Crippen molar-refractivity contribution in [3.8, 4) is 0 Å². The van der Waals surface area contributed by atoms with E-state index in [0.29, 0.717) is 6.61 Å². The molecule has 0 bridgehead atoms. The Morgan fingerprint density at radius 1 is 1.00 bits per heavy atom. The van der Waals surface area contributed by atoms with Gasteiger partial charge in [0.25, 0.3) is 0 Å². The van der Waals surface area contributed by atoms with Gasteiger partial charge in [0.2, 0.25) is 0 Å². The van der Waals surface area contributed by atoms with Crippen molar-refractivity contribution in [1.29, 1.82) is 0 Å². The molecule has 2 rings (SSSR count). The molecule has 0 saturated carbocycles. The van der Waals surface area contributed by atoms with Crippen molar-refractivity contribution in [1.82, 2.24) is 0 Å². The van der Waals surface area contributed by atoms with Crippen LogP contribution in [-0.4, -0.2) is 17.8 Å². The van der Waals surface area contributed by atoms with Crippen LogP contribution < -0.4 is 0 Å². The molecule has 0 radical (unpaired) electrons. The smallest absolute Gasteiger partial charge is 0.129 e. The molecule has 0 amide bonds. The number of hydrogen-bond donors (Lipinski definition) is 1. The first-order valence-corrected chi connectivity index (χ1v) is 6.91. The van der Waals surface area contributed by atoms with Crippen molar-refractivity contribution in [2.45, 2.75) is 25.6 Å². The van der Waals surface area contributed by atoms with E-state index < -0.39 is 23.8 Å². The summed E-state index contributed by atoms with van der Waals surface area (Å²) in [4.78, 5) is 0. The number of ether oxygens (including phenoxy) is 1. The van der Waals surface area contributed by atoms with Gasteiger partial charge in [-0.2, -0.15) is 0 Å². The van der Waals surface area contributed by atoms with Crippen molar-refractivity contribution in [2.24, 2.45) is 0 Å². The minimum Gasteiger partial charge on any atom is -0.390 e. The summed E-state index contributed by atoms with van der Waals surface area (Å²) in [5, 5.41) is 10.3. The second-order valence-electron chi connectivity index (χ2n) is 4.76. The molecule has 21 heavy (non-hydrogen) atoms. The molecule has 0 aliphatic heterocycles. The Balaban J connectivity index is 2.21. The van der Waals surface area contributed by atoms with E-state index >= 15 is 0 Å². The first-order valence-electron chi connectivity index (χ1n) is 6.91. The molecule has 0 aliphatic rings. The predicted molar refractivity (Wildman–Crippen MR) is 76.9 cm³/mol. The molecular weight excluding hydrogens is 274 g/mol. The van der Waals surface area contributed by atoms with Gasteiger partial charge in [0.05, 0.1) is 6.10 Å². The fourth-order valence-corrected chi connectivity index (χ4v) is 2.30. The molecule has 2 nitrogen and oxygen atoms in total. The molecule has 0 aromatic heterocycles. The molecule has 0 saturated heterocycles. The maximum atomic E-state index is 13.7. The van der Waals surface area contributed by atoms with Crippen LogP contribution in [0.4, 0.5) is 8.78 Å². The third kappa shape index (κ3) is 3.86. The number of aliphatic hydroxyl groups is 1. The molecular formula is C17H18F2O2. The van der Waals surface area contributed by atoms with Gasteiger partial charge >= 0.3 is 0 Å². The Morgan fingerprint density at radius 3 is 2.19 bits per heavy atom. The highest BCUT2D eigenvalue weighted by Gasteiger charge is 2.24. The van der Waals surface area contributed by atoms with E-state index in [9.17, 15) is 13.9 Å². The van der Waals surface area contributed by atoms with E-state index in [4.69, 9.17) is 4.74 Å². The van der Waals surface area contributed by atoms with Crippen molar-refractivity contribution in [3.05, 3.63) is 71.3 Å². The zero-order valence-electron chi connectivity index (χ0n) is 11.8. The van der Waals surface area contributed by atoms with Gasteiger partial charge in [-0.3, -0.25) is 0 Å². The Morgan fingerprint density at radius 2 is 1.62 bits per heavy atom. The number of aliphatic hydroxyl groups excluding tert-OH is 1. The molecule has 4 heteroatoms. The number of halogens is 2. The SMILES string of the molecule is CCOC(c1ccccc1)C(O)Cc1c(F)cccc1F. The van der Waals surface area contributed by atoms with Gasteiger partial charge in [-0.05, 0) is 24.6 Å². The second kappa shape index (κ2) is 7.29. The van der Waals surface area contributed by atoms with E-state index in [-0.39, 0.29) is 12.0 Å². The van der Waals surface area contributed by atoms with Gasteiger partial charge < -0.3 is 9.84 Å². The summed E-state index contributed by atoms with van der Waals surface area (Å²) >= 11 is 0. The lowest BCUT2D eigenvalue weighted by Crippen LogP contribution is -2.24. The zero-order valence-corrected chi connectivity index (χ0v) is 11.8. The highest BCUT2D eigenvalue weighted by molar-refractivity contribution is 5.23. The van der Waals surface area contributed by atoms with Crippen LogP contribution in [0.15, 0.2) is 48.5 Å². The van der Waals surface area contributed by atoms with Crippen LogP contribution in [0.1, 0.15) is 24.2 Å². The average molecular weight is 292 g/mol. The van der Waals surface area contributed by atoms with Crippen LogP contribution >= 0.6 is 0 Å². The monoisotopic (exact) mass is 292 g/mol. The van der Waals surface area contributed by atoms with Gasteiger partial charge in [0, 0.05) is 18.6 Å². The van der Waals surface area contributed by atoms with E-state index in [2.05, 4.69) is 0 Å². The van der Waals surface area contributed by atoms with Gasteiger partial charge in [0.1, 0.15) is 17.7 Å². The minimum absolute atomic E-state index is 0.120. The largest absolute Gasteiger partial charge is 0.390 e. The quantitative estimate of drug-likeness (QED) is 0.880. The summed E-state index contributed by atoms with van der Waals surface area (Å²) in [6.07, 6.45) is -1.79. The Labute approximate surface area is 123 Å². The topological polar surface area (TPSA) is 29.5 Å². The fourth-order valence-electron chi connectivity index (χ4n) is 2.30. The van der Waals surface area contributed by atoms with Crippen LogP contribution in [0.2, 0.25) is 0 Å². The number of rotatable bonds is 6. The molecule has 2 aromatic carbocycles. The Kier molecular flexibility index (Phi) is 5.42. The first-order chi connectivity index (χ1) is 10.1. The Bertz CT molecular complexity index is 552. The Hall–Kier alpha value is -1.78. The molecule has 1 N–H and O–H groups in total. The molecule has 0 heterocycles. The highest BCUT2D eigenvalue weighted by atomic mass is 19.1. The van der Waals surface area contributed by atoms with Gasteiger partial charge in [-0.1, -0.05) is 36.4 Å². The predicted octanol–water partition coefficient (Wildman–Crippen LogP) is 3.65. The highest BCUT2D eigenvalue weighted by Crippen LogP contribution is 2.25. The average Bonchev–Trinajstić information content (AvgIpc) is 2.49. The summed E-state index contributed by atoms with van der Waals surface area (Å²) in [6, 6.07) is 12.8. The fraction of sp³-hybridized carbons (Fsp3) is 0.294. The molecule has 0 spiro atoms. The van der Waals surface area contributed by atoms with Crippen LogP contribution in [0, 0.1) is 11.6 Å². The second-order valence-corrected chi connectivity index (χ2v) is 4.76. The summed E-state index contributed by atoms with van der Waals surface area (Å²) in [7, 11) is 0. The van der Waals surface area contributed by atoms with Gasteiger partial charge in [-0.25, -0.2) is 8.78 Å². The van der Waals surface area contributed by atoms with E-state index in [0.717, 1.165) is 5.56 Å². The van der Waals surface area contributed by atoms with E-state index in [1.54, 1.807) is 0 Å². The third-order valence-corrected chi connectivity index (χ3v) is 3.30. The van der Waals surface area contributed by atoms with E-state index in [1.807, 2.05) is 37.3 Å². The van der Waals surface area contributed by atoms with Crippen LogP contribution in [-0.2, 0) is 11.2 Å². The lowest BCUT2D eigenvalue weighted by molar-refractivity contribution is -0.0345. The van der Waals surface area contributed by atoms with Crippen molar-refractivity contribution < 1.29 is 18.6 Å². The maximum Gasteiger partial charge on any atom is 0.129 e. The first kappa shape index (κ1) is 15.6. The molecule has 2 aromatic rings. The minimum atomic E-state index is -1.03. The molecule has 112 valence electrons. The summed E-state index contributed by atoms with van der Waals surface area (Å²) in [5.74, 6) is -1.31. The van der Waals surface area contributed by atoms with Crippen molar-refractivity contribution in [3.63, 3.8) is 0 Å². The lowest BCUT2D eigenvalue weighted by Gasteiger charge is -2.23. The molecule has 0 aliphatic carbocycles. The standard InChI is InChI=1S/C17H18F2O2/c1-2-21-17(12-7-4-3-5-8-12)16(20)11-13-14(18)9-6-10-15(13)19/h3-10,16-17,20H,2,11H2,1H3. The summed E-state index contributed by atoms with van der Waals surface area (Å²) < 4.78 is 32.9. The van der Waals surface area contributed by atoms with Gasteiger partial charge in [-0.15, -0.1) is 0 Å². The number of hydrogen-bond acceptors (Lipinski definition) is 2. The normalized spacial score (nSPS) is 13.9. The third-order valence-electron chi connectivity index (χ3n) is 3.30. The molecule has 0 fully saturated rings. The van der Waals surface area contributed by atoms with Crippen LogP contribution in [0.25, 0.3) is 0 Å². The van der Waals surface area contributed by atoms with E-state index in [1.165, 1.54) is 18.2 Å².